The Morgan fingerprint density at radius 2 is 1.53 bits per heavy atom. The lowest BCUT2D eigenvalue weighted by Crippen LogP contribution is -1.96. The molecule has 0 radical (unpaired) electrons. The number of carbonyl (C=O) groups is 1. The molecular weight excluding hydrogens is 208 g/mol. The van der Waals surface area contributed by atoms with Crippen LogP contribution in [0.15, 0.2) is 67.3 Å². The topological polar surface area (TPSA) is 17.1 Å². The first-order valence-corrected chi connectivity index (χ1v) is 5.61. The summed E-state index contributed by atoms with van der Waals surface area (Å²) in [6.45, 7) is 3.57. The van der Waals surface area contributed by atoms with E-state index in [-0.39, 0.29) is 5.78 Å². The highest BCUT2D eigenvalue weighted by Crippen LogP contribution is 2.19. The molecule has 0 aliphatic heterocycles. The van der Waals surface area contributed by atoms with E-state index >= 15 is 0 Å². The Bertz CT molecular complexity index is 509. The van der Waals surface area contributed by atoms with Gasteiger partial charge >= 0.3 is 0 Å². The summed E-state index contributed by atoms with van der Waals surface area (Å²) >= 11 is 0. The van der Waals surface area contributed by atoms with Crippen molar-refractivity contribution < 1.29 is 4.79 Å². The van der Waals surface area contributed by atoms with Gasteiger partial charge in [0.1, 0.15) is 0 Å². The standard InChI is InChI=1S/C16H14O/c1-2-6-16(17)15-11-9-14(10-12-15)13-7-4-3-5-8-13/h2-5,7-12H,1,6H2. The normalized spacial score (nSPS) is 9.88. The lowest BCUT2D eigenvalue weighted by molar-refractivity contribution is 0.0996. The number of hydrogen-bond acceptors (Lipinski definition) is 1. The summed E-state index contributed by atoms with van der Waals surface area (Å²) in [6, 6.07) is 17.8. The maximum atomic E-state index is 11.6. The van der Waals surface area contributed by atoms with Crippen LogP contribution in [0.3, 0.4) is 0 Å². The number of allylic oxidation sites excluding steroid dienone is 1. The van der Waals surface area contributed by atoms with Gasteiger partial charge < -0.3 is 0 Å². The van der Waals surface area contributed by atoms with Gasteiger partial charge in [0, 0.05) is 12.0 Å². The molecule has 0 saturated carbocycles. The van der Waals surface area contributed by atoms with Crippen LogP contribution in [0.4, 0.5) is 0 Å². The SMILES string of the molecule is C=CCC(=O)c1ccc(-c2ccccc2)cc1. The minimum Gasteiger partial charge on any atom is -0.294 e. The van der Waals surface area contributed by atoms with Crippen LogP contribution in [-0.4, -0.2) is 5.78 Å². The molecule has 0 aliphatic carbocycles. The van der Waals surface area contributed by atoms with E-state index in [0.29, 0.717) is 6.42 Å². The predicted octanol–water partition coefficient (Wildman–Crippen LogP) is 4.11. The Morgan fingerprint density at radius 3 is 2.12 bits per heavy atom. The van der Waals surface area contributed by atoms with Crippen LogP contribution in [0.5, 0.6) is 0 Å². The summed E-state index contributed by atoms with van der Waals surface area (Å²) < 4.78 is 0. The zero-order chi connectivity index (χ0) is 12.1. The Kier molecular flexibility index (Phi) is 3.51. The number of ketones is 1. The van der Waals surface area contributed by atoms with Gasteiger partial charge in [-0.25, -0.2) is 0 Å². The van der Waals surface area contributed by atoms with Crippen LogP contribution in [-0.2, 0) is 0 Å². The molecule has 17 heavy (non-hydrogen) atoms. The van der Waals surface area contributed by atoms with E-state index in [9.17, 15) is 4.79 Å². The number of carbonyl (C=O) groups excluding carboxylic acids is 1. The van der Waals surface area contributed by atoms with E-state index in [1.165, 1.54) is 0 Å². The average molecular weight is 222 g/mol. The minimum absolute atomic E-state index is 0.111. The van der Waals surface area contributed by atoms with E-state index in [2.05, 4.69) is 18.7 Å². The zero-order valence-electron chi connectivity index (χ0n) is 9.60. The van der Waals surface area contributed by atoms with Crippen molar-refractivity contribution in [3.05, 3.63) is 72.8 Å². The quantitative estimate of drug-likeness (QED) is 0.562. The van der Waals surface area contributed by atoms with Gasteiger partial charge in [0.15, 0.2) is 5.78 Å². The molecular formula is C16H14O. The second-order valence-corrected chi connectivity index (χ2v) is 3.86. The molecule has 1 heteroatoms. The monoisotopic (exact) mass is 222 g/mol. The first-order valence-electron chi connectivity index (χ1n) is 5.61. The maximum Gasteiger partial charge on any atom is 0.166 e. The molecule has 0 aliphatic rings. The summed E-state index contributed by atoms with van der Waals surface area (Å²) in [5.74, 6) is 0.111. The Balaban J connectivity index is 2.24. The lowest BCUT2D eigenvalue weighted by Gasteiger charge is -2.03. The molecule has 0 bridgehead atoms. The third-order valence-corrected chi connectivity index (χ3v) is 2.64. The van der Waals surface area contributed by atoms with Crippen molar-refractivity contribution in [1.82, 2.24) is 0 Å². The maximum absolute atomic E-state index is 11.6. The van der Waals surface area contributed by atoms with Crippen LogP contribution < -0.4 is 0 Å². The first-order chi connectivity index (χ1) is 8.31. The number of hydrogen-bond donors (Lipinski definition) is 0. The Labute approximate surface area is 101 Å². The van der Waals surface area contributed by atoms with Gasteiger partial charge in [-0.2, -0.15) is 0 Å². The van der Waals surface area contributed by atoms with Gasteiger partial charge in [-0.1, -0.05) is 60.7 Å². The number of rotatable bonds is 4. The molecule has 0 heterocycles. The van der Waals surface area contributed by atoms with Crippen LogP contribution in [0, 0.1) is 0 Å². The summed E-state index contributed by atoms with van der Waals surface area (Å²) in [5.41, 5.74) is 3.03. The second-order valence-electron chi connectivity index (χ2n) is 3.86. The fraction of sp³-hybridized carbons (Fsp3) is 0.0625. The highest BCUT2D eigenvalue weighted by Gasteiger charge is 2.03. The number of benzene rings is 2. The van der Waals surface area contributed by atoms with Gasteiger partial charge in [-0.05, 0) is 11.1 Å². The minimum atomic E-state index is 0.111. The molecule has 2 aromatic carbocycles. The van der Waals surface area contributed by atoms with Crippen molar-refractivity contribution >= 4 is 5.78 Å². The van der Waals surface area contributed by atoms with Gasteiger partial charge in [0.05, 0.1) is 0 Å². The molecule has 2 rings (SSSR count). The second kappa shape index (κ2) is 5.26. The lowest BCUT2D eigenvalue weighted by atomic mass is 10.0. The predicted molar refractivity (Wildman–Crippen MR) is 71.0 cm³/mol. The van der Waals surface area contributed by atoms with E-state index in [0.717, 1.165) is 16.7 Å². The van der Waals surface area contributed by atoms with Crippen molar-refractivity contribution in [2.24, 2.45) is 0 Å². The Hall–Kier alpha value is -2.15. The summed E-state index contributed by atoms with van der Waals surface area (Å²) in [6.07, 6.45) is 2.03. The van der Waals surface area contributed by atoms with Crippen molar-refractivity contribution in [2.75, 3.05) is 0 Å². The van der Waals surface area contributed by atoms with Gasteiger partial charge in [0.2, 0.25) is 0 Å². The molecule has 1 nitrogen and oxygen atoms in total. The summed E-state index contributed by atoms with van der Waals surface area (Å²) in [4.78, 5) is 11.6. The van der Waals surface area contributed by atoms with Gasteiger partial charge in [-0.15, -0.1) is 6.58 Å². The largest absolute Gasteiger partial charge is 0.294 e. The average Bonchev–Trinajstić information content (AvgIpc) is 2.40. The molecule has 84 valence electrons. The fourth-order valence-corrected chi connectivity index (χ4v) is 1.73. The molecule has 0 saturated heterocycles. The van der Waals surface area contributed by atoms with Crippen LogP contribution in [0.1, 0.15) is 16.8 Å². The number of Topliss-reactive ketones (excluding diaryl/α,β-unsaturated/α-hetero) is 1. The van der Waals surface area contributed by atoms with Crippen molar-refractivity contribution in [3.8, 4) is 11.1 Å². The van der Waals surface area contributed by atoms with Gasteiger partial charge in [0.25, 0.3) is 0 Å². The molecule has 0 amide bonds. The molecule has 0 aromatic heterocycles. The van der Waals surface area contributed by atoms with E-state index in [4.69, 9.17) is 0 Å². The zero-order valence-corrected chi connectivity index (χ0v) is 9.60. The van der Waals surface area contributed by atoms with E-state index in [1.807, 2.05) is 42.5 Å². The van der Waals surface area contributed by atoms with Crippen molar-refractivity contribution in [3.63, 3.8) is 0 Å². The smallest absolute Gasteiger partial charge is 0.166 e. The molecule has 0 spiro atoms. The highest BCUT2D eigenvalue weighted by molar-refractivity contribution is 5.97. The summed E-state index contributed by atoms with van der Waals surface area (Å²) in [5, 5.41) is 0. The van der Waals surface area contributed by atoms with Crippen LogP contribution in [0.2, 0.25) is 0 Å². The van der Waals surface area contributed by atoms with Gasteiger partial charge in [-0.3, -0.25) is 4.79 Å². The highest BCUT2D eigenvalue weighted by atomic mass is 16.1. The molecule has 0 unspecified atom stereocenters. The fourth-order valence-electron chi connectivity index (χ4n) is 1.73. The third-order valence-electron chi connectivity index (χ3n) is 2.64. The van der Waals surface area contributed by atoms with Crippen molar-refractivity contribution in [2.45, 2.75) is 6.42 Å². The van der Waals surface area contributed by atoms with Crippen LogP contribution in [0.25, 0.3) is 11.1 Å². The third kappa shape index (κ3) is 2.70. The molecule has 0 fully saturated rings. The van der Waals surface area contributed by atoms with E-state index < -0.39 is 0 Å². The van der Waals surface area contributed by atoms with E-state index in [1.54, 1.807) is 6.08 Å². The Morgan fingerprint density at radius 1 is 0.941 bits per heavy atom. The molecule has 0 atom stereocenters. The van der Waals surface area contributed by atoms with Crippen LogP contribution >= 0.6 is 0 Å². The first kappa shape index (κ1) is 11.3. The molecule has 0 N–H and O–H groups in total. The molecule has 2 aromatic rings. The van der Waals surface area contributed by atoms with Crippen molar-refractivity contribution in [1.29, 1.82) is 0 Å². The summed E-state index contributed by atoms with van der Waals surface area (Å²) in [7, 11) is 0.